The van der Waals surface area contributed by atoms with Crippen molar-refractivity contribution in [2.45, 2.75) is 13.8 Å². The van der Waals surface area contributed by atoms with Gasteiger partial charge in [0.25, 0.3) is 5.91 Å². The summed E-state index contributed by atoms with van der Waals surface area (Å²) >= 11 is 7.40. The second-order valence-electron chi connectivity index (χ2n) is 6.85. The van der Waals surface area contributed by atoms with Crippen LogP contribution in [0.1, 0.15) is 12.6 Å². The third kappa shape index (κ3) is 5.27. The number of nitrogens with one attached hydrogen (secondary N) is 1. The smallest absolute Gasteiger partial charge is 0.263 e. The molecule has 0 aliphatic rings. The fraction of sp³-hybridized carbons (Fsp3) is 0.174. The number of aryl methyl sites for hydroxylation is 1. The minimum absolute atomic E-state index is 0.133. The number of hydrogen-bond donors (Lipinski definition) is 1. The number of amides is 1. The van der Waals surface area contributed by atoms with E-state index in [0.29, 0.717) is 28.3 Å². The van der Waals surface area contributed by atoms with Crippen LogP contribution in [0.4, 0.5) is 5.82 Å². The molecule has 0 unspecified atom stereocenters. The van der Waals surface area contributed by atoms with Gasteiger partial charge < -0.3 is 14.8 Å². The molecule has 0 saturated carbocycles. The predicted molar refractivity (Wildman–Crippen MR) is 126 cm³/mol. The second kappa shape index (κ2) is 9.84. The molecule has 2 heterocycles. The summed E-state index contributed by atoms with van der Waals surface area (Å²) in [5, 5.41) is 10.6. The molecule has 32 heavy (non-hydrogen) atoms. The number of anilines is 1. The van der Waals surface area contributed by atoms with Crippen LogP contribution in [0.5, 0.6) is 11.5 Å². The summed E-state index contributed by atoms with van der Waals surface area (Å²) < 4.78 is 12.6. The Labute approximate surface area is 194 Å². The van der Waals surface area contributed by atoms with Crippen molar-refractivity contribution < 1.29 is 14.3 Å². The number of ether oxygens (including phenoxy) is 2. The largest absolute Gasteiger partial charge is 0.494 e. The summed E-state index contributed by atoms with van der Waals surface area (Å²) in [4.78, 5) is 17.1. The van der Waals surface area contributed by atoms with Crippen LogP contribution in [0.25, 0.3) is 16.4 Å². The molecule has 0 fully saturated rings. The van der Waals surface area contributed by atoms with Gasteiger partial charge in [-0.1, -0.05) is 23.7 Å². The first kappa shape index (κ1) is 21.9. The van der Waals surface area contributed by atoms with Crippen LogP contribution in [0, 0.1) is 6.92 Å². The lowest BCUT2D eigenvalue weighted by Crippen LogP contribution is -2.21. The van der Waals surface area contributed by atoms with Crippen molar-refractivity contribution in [3.63, 3.8) is 0 Å². The fourth-order valence-corrected chi connectivity index (χ4v) is 3.90. The number of thiazole rings is 1. The number of carbonyl (C=O) groups excluding carboxylic acids is 1. The fourth-order valence-electron chi connectivity index (χ4n) is 2.98. The molecule has 4 rings (SSSR count). The molecule has 4 aromatic rings. The van der Waals surface area contributed by atoms with Gasteiger partial charge in [0.15, 0.2) is 6.61 Å². The predicted octanol–water partition coefficient (Wildman–Crippen LogP) is 5.37. The number of aromatic nitrogens is 3. The summed E-state index contributed by atoms with van der Waals surface area (Å²) in [6.07, 6.45) is 0. The average Bonchev–Trinajstić information content (AvgIpc) is 3.41. The quantitative estimate of drug-likeness (QED) is 0.376. The number of benzene rings is 2. The molecule has 9 heteroatoms. The van der Waals surface area contributed by atoms with E-state index in [1.165, 1.54) is 11.3 Å². The van der Waals surface area contributed by atoms with Crippen LogP contribution < -0.4 is 14.8 Å². The van der Waals surface area contributed by atoms with Gasteiger partial charge >= 0.3 is 0 Å². The maximum Gasteiger partial charge on any atom is 0.263 e. The summed E-state index contributed by atoms with van der Waals surface area (Å²) in [5.74, 6) is 1.57. The molecule has 1 N–H and O–H groups in total. The first-order valence-electron chi connectivity index (χ1n) is 9.96. The minimum Gasteiger partial charge on any atom is -0.494 e. The summed E-state index contributed by atoms with van der Waals surface area (Å²) in [5.41, 5.74) is 2.53. The molecule has 0 bridgehead atoms. The maximum atomic E-state index is 12.5. The van der Waals surface area contributed by atoms with E-state index in [-0.39, 0.29) is 12.5 Å². The van der Waals surface area contributed by atoms with E-state index in [0.717, 1.165) is 22.7 Å². The van der Waals surface area contributed by atoms with Gasteiger partial charge in [0.05, 0.1) is 18.0 Å². The van der Waals surface area contributed by atoms with Gasteiger partial charge in [-0.05, 0) is 50.2 Å². The van der Waals surface area contributed by atoms with E-state index in [4.69, 9.17) is 21.1 Å². The van der Waals surface area contributed by atoms with E-state index in [1.54, 1.807) is 35.0 Å². The Hall–Kier alpha value is -3.36. The molecule has 0 saturated heterocycles. The highest BCUT2D eigenvalue weighted by Crippen LogP contribution is 2.27. The standard InChI is InChI=1S/C23H21ClN4O3S/c1-3-30-18-8-10-19(11-9-18)31-13-22(29)26-21-12-15(2)27-28(21)23-25-20(14-32-23)16-4-6-17(24)7-5-16/h4-12,14H,3,13H2,1-2H3,(H,26,29). The molecule has 164 valence electrons. The van der Waals surface area contributed by atoms with E-state index < -0.39 is 0 Å². The van der Waals surface area contributed by atoms with Crippen molar-refractivity contribution in [1.82, 2.24) is 14.8 Å². The second-order valence-corrected chi connectivity index (χ2v) is 8.12. The van der Waals surface area contributed by atoms with Gasteiger partial charge in [0.2, 0.25) is 5.13 Å². The Balaban J connectivity index is 1.43. The van der Waals surface area contributed by atoms with Crippen LogP contribution in [-0.4, -0.2) is 33.9 Å². The molecule has 0 aliphatic carbocycles. The molecule has 0 atom stereocenters. The monoisotopic (exact) mass is 468 g/mol. The van der Waals surface area contributed by atoms with Crippen molar-refractivity contribution in [2.75, 3.05) is 18.5 Å². The zero-order valence-corrected chi connectivity index (χ0v) is 19.1. The minimum atomic E-state index is -0.297. The molecule has 2 aromatic carbocycles. The topological polar surface area (TPSA) is 78.3 Å². The lowest BCUT2D eigenvalue weighted by Gasteiger charge is -2.09. The van der Waals surface area contributed by atoms with Crippen molar-refractivity contribution in [1.29, 1.82) is 0 Å². The van der Waals surface area contributed by atoms with Crippen LogP contribution in [0.3, 0.4) is 0 Å². The van der Waals surface area contributed by atoms with Crippen molar-refractivity contribution in [2.24, 2.45) is 0 Å². The molecular weight excluding hydrogens is 448 g/mol. The van der Waals surface area contributed by atoms with E-state index in [9.17, 15) is 4.79 Å². The highest BCUT2D eigenvalue weighted by Gasteiger charge is 2.15. The Morgan fingerprint density at radius 2 is 1.78 bits per heavy atom. The van der Waals surface area contributed by atoms with E-state index in [1.807, 2.05) is 43.5 Å². The third-order valence-electron chi connectivity index (χ3n) is 4.42. The Morgan fingerprint density at radius 1 is 1.09 bits per heavy atom. The number of rotatable bonds is 8. The highest BCUT2D eigenvalue weighted by molar-refractivity contribution is 7.12. The molecule has 2 aromatic heterocycles. The Morgan fingerprint density at radius 3 is 2.47 bits per heavy atom. The van der Waals surface area contributed by atoms with Crippen LogP contribution in [-0.2, 0) is 4.79 Å². The number of carbonyl (C=O) groups is 1. The molecule has 0 spiro atoms. The zero-order chi connectivity index (χ0) is 22.5. The van der Waals surface area contributed by atoms with Crippen molar-refractivity contribution in [3.8, 4) is 27.9 Å². The van der Waals surface area contributed by atoms with Crippen LogP contribution >= 0.6 is 22.9 Å². The van der Waals surface area contributed by atoms with Gasteiger partial charge in [-0.15, -0.1) is 11.3 Å². The zero-order valence-electron chi connectivity index (χ0n) is 17.5. The van der Waals surface area contributed by atoms with E-state index in [2.05, 4.69) is 15.4 Å². The van der Waals surface area contributed by atoms with E-state index >= 15 is 0 Å². The molecule has 0 aliphatic heterocycles. The maximum absolute atomic E-state index is 12.5. The van der Waals surface area contributed by atoms with Gasteiger partial charge in [0, 0.05) is 22.0 Å². The molecule has 0 radical (unpaired) electrons. The normalized spacial score (nSPS) is 10.7. The lowest BCUT2D eigenvalue weighted by molar-refractivity contribution is -0.118. The molecular formula is C23H21ClN4O3S. The van der Waals surface area contributed by atoms with Crippen LogP contribution in [0.15, 0.2) is 60.0 Å². The number of nitrogens with zero attached hydrogens (tertiary/aromatic N) is 3. The summed E-state index contributed by atoms with van der Waals surface area (Å²) in [6.45, 7) is 4.24. The first-order chi connectivity index (χ1) is 15.5. The first-order valence-corrected chi connectivity index (χ1v) is 11.2. The lowest BCUT2D eigenvalue weighted by atomic mass is 10.2. The highest BCUT2D eigenvalue weighted by atomic mass is 35.5. The molecule has 7 nitrogen and oxygen atoms in total. The van der Waals surface area contributed by atoms with Gasteiger partial charge in [0.1, 0.15) is 17.3 Å². The Bertz CT molecular complexity index is 1200. The van der Waals surface area contributed by atoms with Crippen molar-refractivity contribution >= 4 is 34.7 Å². The molecule has 1 amide bonds. The summed E-state index contributed by atoms with van der Waals surface area (Å²) in [6, 6.07) is 16.4. The van der Waals surface area contributed by atoms with Gasteiger partial charge in [-0.25, -0.2) is 4.98 Å². The SMILES string of the molecule is CCOc1ccc(OCC(=O)Nc2cc(C)nn2-c2nc(-c3ccc(Cl)cc3)cs2)cc1. The van der Waals surface area contributed by atoms with Gasteiger partial charge in [-0.2, -0.15) is 9.78 Å². The average molecular weight is 469 g/mol. The number of hydrogen-bond acceptors (Lipinski definition) is 6. The van der Waals surface area contributed by atoms with Crippen molar-refractivity contribution in [3.05, 3.63) is 70.7 Å². The Kier molecular flexibility index (Phi) is 6.72. The van der Waals surface area contributed by atoms with Gasteiger partial charge in [-0.3, -0.25) is 4.79 Å². The third-order valence-corrected chi connectivity index (χ3v) is 5.49. The number of halogens is 1. The van der Waals surface area contributed by atoms with Crippen LogP contribution in [0.2, 0.25) is 5.02 Å². The summed E-state index contributed by atoms with van der Waals surface area (Å²) in [7, 11) is 0.